The van der Waals surface area contributed by atoms with Gasteiger partial charge in [0.05, 0.1) is 12.2 Å². The summed E-state index contributed by atoms with van der Waals surface area (Å²) >= 11 is 0. The van der Waals surface area contributed by atoms with Gasteiger partial charge in [0.2, 0.25) is 5.95 Å². The average Bonchev–Trinajstić information content (AvgIpc) is 3.17. The van der Waals surface area contributed by atoms with Gasteiger partial charge in [0, 0.05) is 37.7 Å². The van der Waals surface area contributed by atoms with E-state index in [4.69, 9.17) is 10.7 Å². The third kappa shape index (κ3) is 5.30. The molecule has 11 nitrogen and oxygen atoms in total. The van der Waals surface area contributed by atoms with Crippen molar-refractivity contribution in [1.29, 1.82) is 0 Å². The SMILES string of the molecule is C=CCn1c(=O)c2cnc(N/C(C=NC(C)C)=C/N)nc2n1-c1cccc(N(C)C2CCNCC2)n1. The molecule has 4 heterocycles. The van der Waals surface area contributed by atoms with Crippen LogP contribution in [0.4, 0.5) is 11.8 Å². The van der Waals surface area contributed by atoms with Crippen molar-refractivity contribution in [3.63, 3.8) is 0 Å². The topological polar surface area (TPSA) is 131 Å². The van der Waals surface area contributed by atoms with Crippen molar-refractivity contribution in [3.05, 3.63) is 59.3 Å². The van der Waals surface area contributed by atoms with Gasteiger partial charge in [-0.05, 0) is 51.9 Å². The van der Waals surface area contributed by atoms with Crippen LogP contribution in [0, 0.1) is 0 Å². The normalized spacial score (nSPS) is 15.2. The molecule has 0 unspecified atom stereocenters. The number of fused-ring (bicyclic) bond motifs is 1. The van der Waals surface area contributed by atoms with E-state index in [9.17, 15) is 4.79 Å². The minimum absolute atomic E-state index is 0.115. The molecule has 0 aromatic carbocycles. The van der Waals surface area contributed by atoms with Gasteiger partial charge < -0.3 is 21.3 Å². The highest BCUT2D eigenvalue weighted by Gasteiger charge is 2.21. The summed E-state index contributed by atoms with van der Waals surface area (Å²) in [6, 6.07) is 6.32. The maximum Gasteiger partial charge on any atom is 0.278 e. The minimum atomic E-state index is -0.216. The summed E-state index contributed by atoms with van der Waals surface area (Å²) in [6.07, 6.45) is 8.32. The Labute approximate surface area is 210 Å². The molecule has 4 N–H and O–H groups in total. The first-order chi connectivity index (χ1) is 17.4. The van der Waals surface area contributed by atoms with Gasteiger partial charge >= 0.3 is 0 Å². The van der Waals surface area contributed by atoms with Crippen LogP contribution in [0.15, 0.2) is 58.7 Å². The van der Waals surface area contributed by atoms with Crippen LogP contribution < -0.4 is 26.8 Å². The first kappa shape index (κ1) is 25.1. The molecular formula is C25H34N10O. The van der Waals surface area contributed by atoms with Gasteiger partial charge in [-0.3, -0.25) is 9.79 Å². The lowest BCUT2D eigenvalue weighted by Gasteiger charge is -2.32. The maximum atomic E-state index is 13.2. The van der Waals surface area contributed by atoms with Gasteiger partial charge in [0.15, 0.2) is 11.5 Å². The highest BCUT2D eigenvalue weighted by molar-refractivity contribution is 5.83. The van der Waals surface area contributed by atoms with Crippen LogP contribution in [-0.2, 0) is 6.54 Å². The van der Waals surface area contributed by atoms with E-state index in [0.717, 1.165) is 31.7 Å². The van der Waals surface area contributed by atoms with Crippen molar-refractivity contribution in [3.8, 4) is 5.82 Å². The van der Waals surface area contributed by atoms with Crippen LogP contribution in [0.25, 0.3) is 16.9 Å². The Bertz CT molecular complexity index is 1330. The van der Waals surface area contributed by atoms with Crippen LogP contribution >= 0.6 is 0 Å². The highest BCUT2D eigenvalue weighted by Crippen LogP contribution is 2.21. The number of nitrogens with one attached hydrogen (secondary N) is 2. The Balaban J connectivity index is 1.78. The van der Waals surface area contributed by atoms with Crippen LogP contribution in [0.5, 0.6) is 0 Å². The monoisotopic (exact) mass is 490 g/mol. The summed E-state index contributed by atoms with van der Waals surface area (Å²) in [6.45, 7) is 10.0. The molecule has 11 heteroatoms. The van der Waals surface area contributed by atoms with Crippen molar-refractivity contribution in [1.82, 2.24) is 29.6 Å². The molecule has 4 rings (SSSR count). The molecule has 1 aliphatic heterocycles. The van der Waals surface area contributed by atoms with Gasteiger partial charge in [-0.15, -0.1) is 6.58 Å². The molecule has 0 bridgehead atoms. The van der Waals surface area contributed by atoms with Gasteiger partial charge in [-0.1, -0.05) is 12.1 Å². The van der Waals surface area contributed by atoms with Crippen LogP contribution in [0.1, 0.15) is 26.7 Å². The third-order valence-electron chi connectivity index (χ3n) is 6.08. The Kier molecular flexibility index (Phi) is 7.79. The maximum absolute atomic E-state index is 13.2. The number of allylic oxidation sites excluding steroid dienone is 2. The fourth-order valence-electron chi connectivity index (χ4n) is 4.19. The van der Waals surface area contributed by atoms with E-state index in [-0.39, 0.29) is 11.6 Å². The first-order valence-corrected chi connectivity index (χ1v) is 12.2. The van der Waals surface area contributed by atoms with E-state index in [1.165, 1.54) is 12.4 Å². The third-order valence-corrected chi connectivity index (χ3v) is 6.08. The number of piperidine rings is 1. The lowest BCUT2D eigenvalue weighted by Crippen LogP contribution is -2.41. The quantitative estimate of drug-likeness (QED) is 0.307. The standard InChI is InChI=1S/C25H34N10O/c1-5-13-34-24(36)20-16-29-25(30-18(14-26)15-28-17(2)3)32-23(20)35(34)22-8-6-7-21(31-22)33(4)19-9-11-27-12-10-19/h5-8,14-17,19,27H,1,9-13,26H2,2-4H3,(H,29,30,32)/b18-14+,28-15?. The predicted octanol–water partition coefficient (Wildman–Crippen LogP) is 2.04. The van der Waals surface area contributed by atoms with Crippen molar-refractivity contribution in [2.24, 2.45) is 10.7 Å². The molecule has 0 radical (unpaired) electrons. The zero-order valence-corrected chi connectivity index (χ0v) is 21.1. The number of aromatic nitrogens is 5. The van der Waals surface area contributed by atoms with Gasteiger partial charge in [0.1, 0.15) is 11.2 Å². The number of rotatable bonds is 9. The first-order valence-electron chi connectivity index (χ1n) is 12.2. The van der Waals surface area contributed by atoms with Crippen LogP contribution in [0.3, 0.4) is 0 Å². The van der Waals surface area contributed by atoms with E-state index >= 15 is 0 Å². The number of pyridine rings is 1. The Morgan fingerprint density at radius 2 is 2.14 bits per heavy atom. The fourth-order valence-corrected chi connectivity index (χ4v) is 4.19. The molecule has 0 aliphatic carbocycles. The Morgan fingerprint density at radius 1 is 1.36 bits per heavy atom. The highest BCUT2D eigenvalue weighted by atomic mass is 16.1. The number of hydrogen-bond acceptors (Lipinski definition) is 9. The van der Waals surface area contributed by atoms with Crippen molar-refractivity contribution in [2.75, 3.05) is 30.4 Å². The summed E-state index contributed by atoms with van der Waals surface area (Å²) in [7, 11) is 2.07. The zero-order valence-electron chi connectivity index (χ0n) is 21.1. The minimum Gasteiger partial charge on any atom is -0.403 e. The fraction of sp³-hybridized carbons (Fsp3) is 0.400. The molecule has 0 saturated carbocycles. The van der Waals surface area contributed by atoms with E-state index in [0.29, 0.717) is 41.1 Å². The van der Waals surface area contributed by atoms with Crippen molar-refractivity contribution in [2.45, 2.75) is 45.3 Å². The lowest BCUT2D eigenvalue weighted by atomic mass is 10.1. The largest absolute Gasteiger partial charge is 0.403 e. The molecule has 1 fully saturated rings. The number of nitrogens with two attached hydrogens (primary N) is 1. The molecule has 0 atom stereocenters. The molecule has 36 heavy (non-hydrogen) atoms. The molecule has 190 valence electrons. The van der Waals surface area contributed by atoms with Crippen molar-refractivity contribution >= 4 is 29.0 Å². The van der Waals surface area contributed by atoms with E-state index in [2.05, 4.69) is 44.1 Å². The Morgan fingerprint density at radius 3 is 2.83 bits per heavy atom. The molecule has 1 saturated heterocycles. The van der Waals surface area contributed by atoms with Crippen molar-refractivity contribution < 1.29 is 0 Å². The number of nitrogens with zero attached hydrogens (tertiary/aromatic N) is 7. The van der Waals surface area contributed by atoms with E-state index in [1.807, 2.05) is 32.0 Å². The average molecular weight is 491 g/mol. The van der Waals surface area contributed by atoms with Crippen LogP contribution in [0.2, 0.25) is 0 Å². The lowest BCUT2D eigenvalue weighted by molar-refractivity contribution is 0.441. The number of hydrogen-bond donors (Lipinski definition) is 3. The van der Waals surface area contributed by atoms with Gasteiger partial charge in [0.25, 0.3) is 5.56 Å². The second-order valence-electron chi connectivity index (χ2n) is 8.98. The van der Waals surface area contributed by atoms with E-state index in [1.54, 1.807) is 21.7 Å². The molecule has 0 spiro atoms. The summed E-state index contributed by atoms with van der Waals surface area (Å²) in [5, 5.41) is 6.86. The molecule has 3 aromatic rings. The second kappa shape index (κ2) is 11.2. The smallest absolute Gasteiger partial charge is 0.278 e. The van der Waals surface area contributed by atoms with Gasteiger partial charge in [-0.25, -0.2) is 19.3 Å². The zero-order chi connectivity index (χ0) is 25.7. The molecule has 3 aromatic heterocycles. The van der Waals surface area contributed by atoms with Crippen LogP contribution in [-0.4, -0.2) is 62.8 Å². The summed E-state index contributed by atoms with van der Waals surface area (Å²) < 4.78 is 3.28. The molecule has 0 amide bonds. The Hall–Kier alpha value is -3.99. The summed E-state index contributed by atoms with van der Waals surface area (Å²) in [5.74, 6) is 1.72. The molecule has 1 aliphatic rings. The van der Waals surface area contributed by atoms with Gasteiger partial charge in [-0.2, -0.15) is 4.98 Å². The van der Waals surface area contributed by atoms with E-state index < -0.39 is 0 Å². The summed E-state index contributed by atoms with van der Waals surface area (Å²) in [5.41, 5.74) is 6.52. The second-order valence-corrected chi connectivity index (χ2v) is 8.98. The number of anilines is 2. The summed E-state index contributed by atoms with van der Waals surface area (Å²) in [4.78, 5) is 33.7. The number of aliphatic imine (C=N–C) groups is 1. The predicted molar refractivity (Wildman–Crippen MR) is 145 cm³/mol. The molecular weight excluding hydrogens is 456 g/mol.